The summed E-state index contributed by atoms with van der Waals surface area (Å²) in [7, 11) is 0. The molecule has 2 heterocycles. The van der Waals surface area contributed by atoms with Crippen LogP contribution in [0.2, 0.25) is 0 Å². The fourth-order valence-corrected chi connectivity index (χ4v) is 4.22. The highest BCUT2D eigenvalue weighted by Gasteiger charge is 2.29. The average molecular weight is 388 g/mol. The van der Waals surface area contributed by atoms with Gasteiger partial charge in [0.15, 0.2) is 6.61 Å². The molecule has 1 atom stereocenters. The second kappa shape index (κ2) is 10.5. The molecule has 3 rings (SSSR count). The summed E-state index contributed by atoms with van der Waals surface area (Å²) in [6, 6.07) is 9.52. The third kappa shape index (κ3) is 5.96. The summed E-state index contributed by atoms with van der Waals surface area (Å²) in [5, 5.41) is 0. The van der Waals surface area contributed by atoms with E-state index in [0.717, 1.165) is 45.6 Å². The first kappa shape index (κ1) is 20.6. The highest BCUT2D eigenvalue weighted by Crippen LogP contribution is 2.18. The minimum Gasteiger partial charge on any atom is -0.484 e. The lowest BCUT2D eigenvalue weighted by Gasteiger charge is -2.40. The van der Waals surface area contributed by atoms with E-state index in [4.69, 9.17) is 4.74 Å². The maximum absolute atomic E-state index is 12.6. The number of para-hydroxylation sites is 1. The predicted octanol–water partition coefficient (Wildman–Crippen LogP) is 2.39. The second-order valence-electron chi connectivity index (χ2n) is 7.85. The van der Waals surface area contributed by atoms with E-state index in [-0.39, 0.29) is 24.5 Å². The normalized spacial score (nSPS) is 20.6. The van der Waals surface area contributed by atoms with E-state index in [0.29, 0.717) is 12.3 Å². The third-order valence-electron chi connectivity index (χ3n) is 5.81. The zero-order valence-electron chi connectivity index (χ0n) is 17.0. The van der Waals surface area contributed by atoms with Gasteiger partial charge in [0, 0.05) is 39.1 Å². The van der Waals surface area contributed by atoms with E-state index in [9.17, 15) is 9.59 Å². The Labute approximate surface area is 168 Å². The zero-order valence-corrected chi connectivity index (χ0v) is 17.0. The van der Waals surface area contributed by atoms with Crippen molar-refractivity contribution in [3.05, 3.63) is 30.3 Å². The molecule has 0 N–H and O–H groups in total. The van der Waals surface area contributed by atoms with Crippen LogP contribution >= 0.6 is 0 Å². The van der Waals surface area contributed by atoms with Gasteiger partial charge in [-0.1, -0.05) is 24.6 Å². The minimum atomic E-state index is -0.00640. The van der Waals surface area contributed by atoms with Crippen molar-refractivity contribution in [1.29, 1.82) is 0 Å². The lowest BCUT2D eigenvalue weighted by atomic mass is 10.0. The Morgan fingerprint density at radius 1 is 1.07 bits per heavy atom. The van der Waals surface area contributed by atoms with Gasteiger partial charge in [0.2, 0.25) is 5.91 Å². The molecule has 2 fully saturated rings. The summed E-state index contributed by atoms with van der Waals surface area (Å²) in [4.78, 5) is 31.2. The van der Waals surface area contributed by atoms with Crippen molar-refractivity contribution < 1.29 is 14.3 Å². The van der Waals surface area contributed by atoms with Gasteiger partial charge < -0.3 is 19.4 Å². The molecule has 1 aromatic carbocycles. The number of nitrogens with zero attached hydrogens (tertiary/aromatic N) is 3. The van der Waals surface area contributed by atoms with Crippen LogP contribution in [0.5, 0.6) is 5.75 Å². The topological polar surface area (TPSA) is 53.1 Å². The minimum absolute atomic E-state index is 0.00640. The summed E-state index contributed by atoms with van der Waals surface area (Å²) in [6.45, 7) is 7.00. The predicted molar refractivity (Wildman–Crippen MR) is 109 cm³/mol. The van der Waals surface area contributed by atoms with Gasteiger partial charge >= 0.3 is 0 Å². The van der Waals surface area contributed by atoms with Gasteiger partial charge in [0.25, 0.3) is 5.91 Å². The molecule has 1 aromatic rings. The van der Waals surface area contributed by atoms with Gasteiger partial charge in [-0.05, 0) is 50.9 Å². The van der Waals surface area contributed by atoms with Crippen LogP contribution in [0.3, 0.4) is 0 Å². The monoisotopic (exact) mass is 387 g/mol. The first-order valence-electron chi connectivity index (χ1n) is 10.6. The quantitative estimate of drug-likeness (QED) is 0.721. The number of carbonyl (C=O) groups excluding carboxylic acids is 2. The van der Waals surface area contributed by atoms with Gasteiger partial charge in [-0.2, -0.15) is 0 Å². The van der Waals surface area contributed by atoms with Crippen molar-refractivity contribution in [2.75, 3.05) is 45.9 Å². The fraction of sp³-hybridized carbons (Fsp3) is 0.636. The molecule has 2 amide bonds. The summed E-state index contributed by atoms with van der Waals surface area (Å²) < 4.78 is 5.61. The Morgan fingerprint density at radius 3 is 2.54 bits per heavy atom. The Hall–Kier alpha value is -2.08. The van der Waals surface area contributed by atoms with E-state index < -0.39 is 0 Å². The van der Waals surface area contributed by atoms with Crippen LogP contribution < -0.4 is 4.74 Å². The molecule has 2 saturated heterocycles. The standard InChI is InChI=1S/C22H33N3O3/c1-19(26)25(16-15-23-12-6-3-7-13-23)20-9-8-14-24(17-20)22(27)18-28-21-10-4-2-5-11-21/h2,4-5,10-11,20H,3,6-9,12-18H2,1H3. The van der Waals surface area contributed by atoms with Crippen LogP contribution in [0, 0.1) is 0 Å². The van der Waals surface area contributed by atoms with E-state index in [1.54, 1.807) is 6.92 Å². The van der Waals surface area contributed by atoms with Crippen LogP contribution in [-0.2, 0) is 9.59 Å². The van der Waals surface area contributed by atoms with E-state index >= 15 is 0 Å². The highest BCUT2D eigenvalue weighted by atomic mass is 16.5. The van der Waals surface area contributed by atoms with Crippen LogP contribution in [0.4, 0.5) is 0 Å². The Balaban J connectivity index is 1.50. The molecular formula is C22H33N3O3. The van der Waals surface area contributed by atoms with Crippen LogP contribution in [-0.4, -0.2) is 78.4 Å². The molecule has 2 aliphatic rings. The van der Waals surface area contributed by atoms with Crippen molar-refractivity contribution in [1.82, 2.24) is 14.7 Å². The Kier molecular flexibility index (Phi) is 7.71. The fourth-order valence-electron chi connectivity index (χ4n) is 4.22. The van der Waals surface area contributed by atoms with Gasteiger partial charge in [0.05, 0.1) is 0 Å². The van der Waals surface area contributed by atoms with Crippen molar-refractivity contribution >= 4 is 11.8 Å². The van der Waals surface area contributed by atoms with Crippen LogP contribution in [0.1, 0.15) is 39.0 Å². The number of benzene rings is 1. The lowest BCUT2D eigenvalue weighted by Crippen LogP contribution is -2.53. The number of carbonyl (C=O) groups is 2. The Bertz CT molecular complexity index is 631. The molecule has 154 valence electrons. The maximum atomic E-state index is 12.6. The van der Waals surface area contributed by atoms with Gasteiger partial charge in [-0.15, -0.1) is 0 Å². The SMILES string of the molecule is CC(=O)N(CCN1CCCCC1)C1CCCN(C(=O)COc2ccccc2)C1. The molecular weight excluding hydrogens is 354 g/mol. The van der Waals surface area contributed by atoms with E-state index in [2.05, 4.69) is 4.90 Å². The molecule has 1 unspecified atom stereocenters. The largest absolute Gasteiger partial charge is 0.484 e. The summed E-state index contributed by atoms with van der Waals surface area (Å²) in [6.07, 6.45) is 5.72. The molecule has 0 radical (unpaired) electrons. The van der Waals surface area contributed by atoms with Crippen molar-refractivity contribution in [2.45, 2.75) is 45.1 Å². The zero-order chi connectivity index (χ0) is 19.8. The number of rotatable bonds is 7. The molecule has 2 aliphatic heterocycles. The molecule has 0 spiro atoms. The maximum Gasteiger partial charge on any atom is 0.260 e. The van der Waals surface area contributed by atoms with Crippen LogP contribution in [0.15, 0.2) is 30.3 Å². The molecule has 6 heteroatoms. The summed E-state index contributed by atoms with van der Waals surface area (Å²) >= 11 is 0. The number of amides is 2. The molecule has 0 aromatic heterocycles. The first-order chi connectivity index (χ1) is 13.6. The second-order valence-corrected chi connectivity index (χ2v) is 7.85. The molecule has 0 saturated carbocycles. The number of likely N-dealkylation sites (tertiary alicyclic amines) is 2. The average Bonchev–Trinajstić information content (AvgIpc) is 2.73. The van der Waals surface area contributed by atoms with Crippen molar-refractivity contribution in [3.63, 3.8) is 0 Å². The van der Waals surface area contributed by atoms with Crippen molar-refractivity contribution in [3.8, 4) is 5.75 Å². The van der Waals surface area contributed by atoms with Gasteiger partial charge in [-0.25, -0.2) is 0 Å². The van der Waals surface area contributed by atoms with Gasteiger partial charge in [0.1, 0.15) is 5.75 Å². The third-order valence-corrected chi connectivity index (χ3v) is 5.81. The smallest absolute Gasteiger partial charge is 0.260 e. The van der Waals surface area contributed by atoms with Crippen LogP contribution in [0.25, 0.3) is 0 Å². The molecule has 0 bridgehead atoms. The first-order valence-corrected chi connectivity index (χ1v) is 10.6. The molecule has 6 nitrogen and oxygen atoms in total. The number of hydrogen-bond donors (Lipinski definition) is 0. The summed E-state index contributed by atoms with van der Waals surface area (Å²) in [5.41, 5.74) is 0. The molecule has 0 aliphatic carbocycles. The molecule has 28 heavy (non-hydrogen) atoms. The van der Waals surface area contributed by atoms with E-state index in [1.807, 2.05) is 40.1 Å². The Morgan fingerprint density at radius 2 is 1.82 bits per heavy atom. The van der Waals surface area contributed by atoms with Gasteiger partial charge in [-0.3, -0.25) is 9.59 Å². The number of piperidine rings is 2. The van der Waals surface area contributed by atoms with Crippen molar-refractivity contribution in [2.24, 2.45) is 0 Å². The van der Waals surface area contributed by atoms with E-state index in [1.165, 1.54) is 19.3 Å². The highest BCUT2D eigenvalue weighted by molar-refractivity contribution is 5.78. The lowest BCUT2D eigenvalue weighted by molar-refractivity contribution is -0.140. The number of ether oxygens (including phenoxy) is 1. The number of hydrogen-bond acceptors (Lipinski definition) is 4. The summed E-state index contributed by atoms with van der Waals surface area (Å²) in [5.74, 6) is 0.807.